The monoisotopic (exact) mass is 250 g/mol. The Morgan fingerprint density at radius 3 is 1.67 bits per heavy atom. The molecule has 0 saturated carbocycles. The minimum Gasteiger partial charge on any atom is -0.508 e. The Morgan fingerprint density at radius 1 is 0.889 bits per heavy atom. The van der Waals surface area contributed by atoms with Crippen LogP contribution < -0.4 is 0 Å². The van der Waals surface area contributed by atoms with E-state index in [2.05, 4.69) is 0 Å². The number of allylic oxidation sites excluding steroid dienone is 4. The maximum atomic E-state index is 12.2. The fourth-order valence-corrected chi connectivity index (χ4v) is 2.03. The number of aliphatic hydroxyl groups is 4. The van der Waals surface area contributed by atoms with Crippen LogP contribution in [0.25, 0.3) is 0 Å². The van der Waals surface area contributed by atoms with Crippen LogP contribution in [0.4, 0.5) is 0 Å². The van der Waals surface area contributed by atoms with E-state index in [0.29, 0.717) is 0 Å². The summed E-state index contributed by atoms with van der Waals surface area (Å²) in [5, 5.41) is 38.1. The first-order valence-electron chi connectivity index (χ1n) is 5.61. The second kappa shape index (κ2) is 4.60. The van der Waals surface area contributed by atoms with Crippen LogP contribution >= 0.6 is 0 Å². The molecular formula is C13H14O5. The zero-order valence-electron chi connectivity index (χ0n) is 9.58. The molecule has 0 radical (unpaired) electrons. The van der Waals surface area contributed by atoms with Crippen LogP contribution in [-0.2, 0) is 4.79 Å². The summed E-state index contributed by atoms with van der Waals surface area (Å²) in [6, 6.07) is 0. The van der Waals surface area contributed by atoms with Crippen molar-refractivity contribution >= 4 is 5.78 Å². The highest BCUT2D eigenvalue weighted by atomic mass is 16.3. The Balaban J connectivity index is 2.27. The average molecular weight is 250 g/mol. The first-order valence-corrected chi connectivity index (χ1v) is 5.61. The molecule has 96 valence electrons. The number of hydrogen-bond acceptors (Lipinski definition) is 5. The molecule has 2 aliphatic rings. The van der Waals surface area contributed by atoms with Crippen molar-refractivity contribution in [3.05, 3.63) is 47.3 Å². The molecule has 5 heteroatoms. The van der Waals surface area contributed by atoms with E-state index in [0.717, 1.165) is 0 Å². The Bertz CT molecular complexity index is 452. The van der Waals surface area contributed by atoms with E-state index in [1.54, 1.807) is 12.2 Å². The maximum Gasteiger partial charge on any atom is 0.161 e. The number of carbonyl (C=O) groups is 1. The van der Waals surface area contributed by atoms with E-state index in [9.17, 15) is 25.2 Å². The largest absolute Gasteiger partial charge is 0.508 e. The lowest BCUT2D eigenvalue weighted by atomic mass is 9.84. The van der Waals surface area contributed by atoms with E-state index in [4.69, 9.17) is 0 Å². The van der Waals surface area contributed by atoms with Crippen molar-refractivity contribution in [3.8, 4) is 0 Å². The molecule has 2 rings (SSSR count). The molecule has 0 fully saturated rings. The van der Waals surface area contributed by atoms with Gasteiger partial charge in [0.15, 0.2) is 5.78 Å². The van der Waals surface area contributed by atoms with Crippen molar-refractivity contribution in [3.63, 3.8) is 0 Å². The molecule has 0 spiro atoms. The Labute approximate surface area is 104 Å². The normalized spacial score (nSPS) is 27.8. The van der Waals surface area contributed by atoms with Crippen LogP contribution in [-0.4, -0.2) is 26.2 Å². The van der Waals surface area contributed by atoms with Gasteiger partial charge in [-0.2, -0.15) is 0 Å². The summed E-state index contributed by atoms with van der Waals surface area (Å²) >= 11 is 0. The van der Waals surface area contributed by atoms with E-state index in [1.165, 1.54) is 12.2 Å². The summed E-state index contributed by atoms with van der Waals surface area (Å²) in [7, 11) is 0. The van der Waals surface area contributed by atoms with E-state index < -0.39 is 29.1 Å². The second-order valence-corrected chi connectivity index (χ2v) is 4.29. The number of carbonyl (C=O) groups excluding carboxylic acids is 1. The molecule has 2 unspecified atom stereocenters. The Morgan fingerprint density at radius 2 is 1.28 bits per heavy atom. The molecule has 4 N–H and O–H groups in total. The number of Topliss-reactive ketones (excluding diaryl/α,β-unsaturated/α-hetero) is 1. The van der Waals surface area contributed by atoms with Gasteiger partial charge in [0.05, 0.1) is 11.8 Å². The van der Waals surface area contributed by atoms with Gasteiger partial charge in [0.25, 0.3) is 0 Å². The smallest absolute Gasteiger partial charge is 0.161 e. The first kappa shape index (κ1) is 12.3. The number of ketones is 1. The van der Waals surface area contributed by atoms with Crippen LogP contribution in [0.3, 0.4) is 0 Å². The van der Waals surface area contributed by atoms with Gasteiger partial charge in [-0.3, -0.25) is 4.79 Å². The van der Waals surface area contributed by atoms with Gasteiger partial charge in [-0.1, -0.05) is 24.3 Å². The number of aliphatic hydroxyl groups excluding tert-OH is 4. The quantitative estimate of drug-likeness (QED) is 0.564. The van der Waals surface area contributed by atoms with Crippen molar-refractivity contribution in [1.82, 2.24) is 0 Å². The molecule has 2 aliphatic carbocycles. The highest BCUT2D eigenvalue weighted by molar-refractivity contribution is 5.91. The lowest BCUT2D eigenvalue weighted by molar-refractivity contribution is -0.123. The minimum absolute atomic E-state index is 0.184. The lowest BCUT2D eigenvalue weighted by Crippen LogP contribution is -2.27. The molecule has 0 heterocycles. The first-order chi connectivity index (χ1) is 8.52. The number of rotatable bonds is 2. The summed E-state index contributed by atoms with van der Waals surface area (Å²) in [6.45, 7) is 0. The maximum absolute atomic E-state index is 12.2. The van der Waals surface area contributed by atoms with Crippen molar-refractivity contribution in [2.75, 3.05) is 0 Å². The highest BCUT2D eigenvalue weighted by Gasteiger charge is 2.34. The van der Waals surface area contributed by atoms with Crippen LogP contribution in [0.2, 0.25) is 0 Å². The van der Waals surface area contributed by atoms with Gasteiger partial charge in [-0.25, -0.2) is 0 Å². The molecule has 18 heavy (non-hydrogen) atoms. The molecule has 5 nitrogen and oxygen atoms in total. The third kappa shape index (κ3) is 1.99. The molecule has 0 amide bonds. The Hall–Kier alpha value is -2.17. The molecule has 0 aromatic carbocycles. The zero-order valence-corrected chi connectivity index (χ0v) is 9.58. The van der Waals surface area contributed by atoms with E-state index >= 15 is 0 Å². The predicted octanol–water partition coefficient (Wildman–Crippen LogP) is 2.36. The van der Waals surface area contributed by atoms with Crippen molar-refractivity contribution in [1.29, 1.82) is 0 Å². The molecule has 0 aromatic heterocycles. The standard InChI is InChI=1S/C13H14O5/c14-9-5-1-3-7(12(9)17)11(16)8-4-2-6-10(15)13(8)18/h1-4,7-8,14-15,17-18H,5-6H2. The highest BCUT2D eigenvalue weighted by Crippen LogP contribution is 2.30. The van der Waals surface area contributed by atoms with Crippen LogP contribution in [0.15, 0.2) is 47.3 Å². The average Bonchev–Trinajstić information content (AvgIpc) is 2.35. The second-order valence-electron chi connectivity index (χ2n) is 4.29. The van der Waals surface area contributed by atoms with Gasteiger partial charge in [0.2, 0.25) is 0 Å². The topological polar surface area (TPSA) is 98.0 Å². The Kier molecular flexibility index (Phi) is 3.14. The van der Waals surface area contributed by atoms with E-state index in [-0.39, 0.29) is 24.4 Å². The predicted molar refractivity (Wildman–Crippen MR) is 64.1 cm³/mol. The van der Waals surface area contributed by atoms with Crippen LogP contribution in [0.5, 0.6) is 0 Å². The molecule has 2 atom stereocenters. The van der Waals surface area contributed by atoms with Crippen LogP contribution in [0, 0.1) is 11.8 Å². The van der Waals surface area contributed by atoms with Gasteiger partial charge < -0.3 is 20.4 Å². The number of hydrogen-bond donors (Lipinski definition) is 4. The lowest BCUT2D eigenvalue weighted by Gasteiger charge is -2.22. The molecule has 0 aliphatic heterocycles. The molecular weight excluding hydrogens is 236 g/mol. The SMILES string of the molecule is O=C(C1C=CCC(O)=C1O)C1C=CCC(O)=C1O. The van der Waals surface area contributed by atoms with Crippen LogP contribution in [0.1, 0.15) is 12.8 Å². The van der Waals surface area contributed by atoms with Crippen molar-refractivity contribution in [2.24, 2.45) is 11.8 Å². The molecule has 0 saturated heterocycles. The summed E-state index contributed by atoms with van der Waals surface area (Å²) in [6.07, 6.45) is 6.47. The zero-order chi connectivity index (χ0) is 13.3. The summed E-state index contributed by atoms with van der Waals surface area (Å²) in [5.74, 6) is -3.74. The third-order valence-corrected chi connectivity index (χ3v) is 3.07. The van der Waals surface area contributed by atoms with Gasteiger partial charge in [-0.05, 0) is 0 Å². The van der Waals surface area contributed by atoms with Gasteiger partial charge in [-0.15, -0.1) is 0 Å². The molecule has 0 aromatic rings. The van der Waals surface area contributed by atoms with Gasteiger partial charge >= 0.3 is 0 Å². The third-order valence-electron chi connectivity index (χ3n) is 3.07. The van der Waals surface area contributed by atoms with Gasteiger partial charge in [0, 0.05) is 12.8 Å². The van der Waals surface area contributed by atoms with E-state index in [1.807, 2.05) is 0 Å². The molecule has 0 bridgehead atoms. The summed E-state index contributed by atoms with van der Waals surface area (Å²) in [5.41, 5.74) is 0. The van der Waals surface area contributed by atoms with Gasteiger partial charge in [0.1, 0.15) is 23.0 Å². The fourth-order valence-electron chi connectivity index (χ4n) is 2.03. The fraction of sp³-hybridized carbons (Fsp3) is 0.308. The summed E-state index contributed by atoms with van der Waals surface area (Å²) in [4.78, 5) is 12.2. The summed E-state index contributed by atoms with van der Waals surface area (Å²) < 4.78 is 0. The minimum atomic E-state index is -0.985. The van der Waals surface area contributed by atoms with Crippen molar-refractivity contribution in [2.45, 2.75) is 12.8 Å². The van der Waals surface area contributed by atoms with Crippen molar-refractivity contribution < 1.29 is 25.2 Å².